The van der Waals surface area contributed by atoms with Crippen molar-refractivity contribution in [2.24, 2.45) is 5.92 Å². The Bertz CT molecular complexity index is 1460. The lowest BCUT2D eigenvalue weighted by Gasteiger charge is -2.25. The fourth-order valence-corrected chi connectivity index (χ4v) is 4.28. The van der Waals surface area contributed by atoms with Gasteiger partial charge in [0.1, 0.15) is 18.1 Å². The lowest BCUT2D eigenvalue weighted by atomic mass is 10.1. The van der Waals surface area contributed by atoms with Crippen LogP contribution in [0.25, 0.3) is 16.9 Å². The van der Waals surface area contributed by atoms with Gasteiger partial charge in [0.2, 0.25) is 5.91 Å². The summed E-state index contributed by atoms with van der Waals surface area (Å²) in [6.45, 7) is 4.15. The maximum Gasteiger partial charge on any atom is 0.322 e. The highest BCUT2D eigenvalue weighted by Gasteiger charge is 2.21. The summed E-state index contributed by atoms with van der Waals surface area (Å²) >= 11 is 12.4. The molecule has 0 unspecified atom stereocenters. The first-order valence-electron chi connectivity index (χ1n) is 12.3. The predicted octanol–water partition coefficient (Wildman–Crippen LogP) is 6.98. The first-order chi connectivity index (χ1) is 18.7. The van der Waals surface area contributed by atoms with Crippen LogP contribution in [0.4, 0.5) is 16.3 Å². The Hall–Kier alpha value is -4.01. The number of carbonyl (C=O) groups is 2. The number of urea groups is 1. The van der Waals surface area contributed by atoms with Gasteiger partial charge in [0, 0.05) is 18.2 Å². The van der Waals surface area contributed by atoms with Gasteiger partial charge in [-0.05, 0) is 36.2 Å². The number of hydrogen-bond donors (Lipinski definition) is 2. The average Bonchev–Trinajstić information content (AvgIpc) is 3.34. The molecule has 0 spiro atoms. The minimum Gasteiger partial charge on any atom is -0.495 e. The van der Waals surface area contributed by atoms with Crippen molar-refractivity contribution in [1.82, 2.24) is 14.7 Å². The van der Waals surface area contributed by atoms with Crippen LogP contribution in [0.1, 0.15) is 13.8 Å². The molecule has 0 bridgehead atoms. The summed E-state index contributed by atoms with van der Waals surface area (Å²) in [5.41, 5.74) is 2.67. The minimum atomic E-state index is -0.411. The van der Waals surface area contributed by atoms with Gasteiger partial charge in [0.15, 0.2) is 0 Å². The molecule has 0 saturated carbocycles. The number of methoxy groups -OCH3 is 1. The van der Waals surface area contributed by atoms with Crippen LogP contribution in [-0.4, -0.2) is 46.8 Å². The van der Waals surface area contributed by atoms with Gasteiger partial charge in [0.25, 0.3) is 0 Å². The molecule has 0 aliphatic heterocycles. The Morgan fingerprint density at radius 2 is 1.67 bits per heavy atom. The minimum absolute atomic E-state index is 0.132. The molecule has 0 radical (unpaired) electrons. The lowest BCUT2D eigenvalue weighted by Crippen LogP contribution is -2.42. The number of rotatable bonds is 9. The van der Waals surface area contributed by atoms with Gasteiger partial charge in [-0.2, -0.15) is 5.10 Å². The Labute approximate surface area is 237 Å². The second-order valence-electron chi connectivity index (χ2n) is 9.24. The molecule has 8 nitrogen and oxygen atoms in total. The normalized spacial score (nSPS) is 10.8. The third kappa shape index (κ3) is 7.10. The maximum absolute atomic E-state index is 13.3. The number of hydrogen-bond acceptors (Lipinski definition) is 4. The van der Waals surface area contributed by atoms with Crippen molar-refractivity contribution in [3.63, 3.8) is 0 Å². The second kappa shape index (κ2) is 12.7. The number of nitrogens with zero attached hydrogens (tertiary/aromatic N) is 3. The quantitative estimate of drug-likeness (QED) is 0.229. The molecule has 10 heteroatoms. The molecule has 4 aromatic rings. The van der Waals surface area contributed by atoms with Crippen LogP contribution < -0.4 is 15.4 Å². The molecule has 202 valence electrons. The first-order valence-corrected chi connectivity index (χ1v) is 13.1. The van der Waals surface area contributed by atoms with Gasteiger partial charge < -0.3 is 20.3 Å². The van der Waals surface area contributed by atoms with Gasteiger partial charge in [-0.1, -0.05) is 79.5 Å². The molecule has 1 heterocycles. The highest BCUT2D eigenvalue weighted by molar-refractivity contribution is 6.42. The largest absolute Gasteiger partial charge is 0.495 e. The van der Waals surface area contributed by atoms with E-state index in [1.54, 1.807) is 47.1 Å². The Morgan fingerprint density at radius 1 is 0.949 bits per heavy atom. The van der Waals surface area contributed by atoms with Gasteiger partial charge in [-0.3, -0.25) is 4.79 Å². The predicted molar refractivity (Wildman–Crippen MR) is 156 cm³/mol. The van der Waals surface area contributed by atoms with Crippen molar-refractivity contribution in [2.45, 2.75) is 13.8 Å². The fraction of sp³-hybridized carbons (Fsp3) is 0.207. The zero-order valence-electron chi connectivity index (χ0n) is 21.8. The van der Waals surface area contributed by atoms with E-state index in [4.69, 9.17) is 33.0 Å². The standard InChI is InChI=1S/C29H29Cl2N5O3/c1-19(2)17-35(29(38)32-24-11-7-8-12-26(24)39-3)18-28(37)33-27-16-25(20-9-5-4-6-10-20)34-36(27)21-13-14-22(30)23(31)15-21/h4-16,19H,17-18H2,1-3H3,(H,32,38)(H,33,37). The molecule has 39 heavy (non-hydrogen) atoms. The maximum atomic E-state index is 13.3. The van der Waals surface area contributed by atoms with E-state index in [2.05, 4.69) is 10.6 Å². The van der Waals surface area contributed by atoms with Crippen LogP contribution in [0.5, 0.6) is 5.75 Å². The zero-order chi connectivity index (χ0) is 27.9. The Kier molecular flexibility index (Phi) is 9.11. The molecule has 0 aliphatic rings. The van der Waals surface area contributed by atoms with Crippen LogP contribution >= 0.6 is 23.2 Å². The number of para-hydroxylation sites is 2. The monoisotopic (exact) mass is 565 g/mol. The van der Waals surface area contributed by atoms with Crippen LogP contribution in [0.15, 0.2) is 78.9 Å². The van der Waals surface area contributed by atoms with Crippen LogP contribution in [-0.2, 0) is 4.79 Å². The molecule has 3 amide bonds. The fourth-order valence-electron chi connectivity index (χ4n) is 3.99. The number of halogens is 2. The highest BCUT2D eigenvalue weighted by Crippen LogP contribution is 2.29. The van der Waals surface area contributed by atoms with Crippen molar-refractivity contribution in [3.05, 3.63) is 88.9 Å². The van der Waals surface area contributed by atoms with Crippen LogP contribution in [0.3, 0.4) is 0 Å². The topological polar surface area (TPSA) is 88.5 Å². The molecular formula is C29H29Cl2N5O3. The van der Waals surface area contributed by atoms with Gasteiger partial charge in [0.05, 0.1) is 34.2 Å². The molecule has 2 N–H and O–H groups in total. The number of aromatic nitrogens is 2. The van der Waals surface area contributed by atoms with Crippen molar-refractivity contribution in [3.8, 4) is 22.7 Å². The van der Waals surface area contributed by atoms with Gasteiger partial charge in [-0.15, -0.1) is 0 Å². The summed E-state index contributed by atoms with van der Waals surface area (Å²) in [6.07, 6.45) is 0. The van der Waals surface area contributed by atoms with Gasteiger partial charge in [-0.25, -0.2) is 9.48 Å². The van der Waals surface area contributed by atoms with Crippen molar-refractivity contribution >= 4 is 46.6 Å². The smallest absolute Gasteiger partial charge is 0.322 e. The molecular weight excluding hydrogens is 537 g/mol. The zero-order valence-corrected chi connectivity index (χ0v) is 23.3. The lowest BCUT2D eigenvalue weighted by molar-refractivity contribution is -0.116. The number of ether oxygens (including phenoxy) is 1. The summed E-state index contributed by atoms with van der Waals surface area (Å²) in [4.78, 5) is 27.9. The van der Waals surface area contributed by atoms with Crippen LogP contribution in [0.2, 0.25) is 10.0 Å². The van der Waals surface area contributed by atoms with E-state index < -0.39 is 6.03 Å². The third-order valence-electron chi connectivity index (χ3n) is 5.75. The SMILES string of the molecule is COc1ccccc1NC(=O)N(CC(=O)Nc1cc(-c2ccccc2)nn1-c1ccc(Cl)c(Cl)c1)CC(C)C. The summed E-state index contributed by atoms with van der Waals surface area (Å²) in [5, 5.41) is 11.2. The number of carbonyl (C=O) groups excluding carboxylic acids is 2. The number of amides is 3. The average molecular weight is 566 g/mol. The third-order valence-corrected chi connectivity index (χ3v) is 6.49. The molecule has 0 fully saturated rings. The second-order valence-corrected chi connectivity index (χ2v) is 10.1. The number of anilines is 2. The van der Waals surface area contributed by atoms with E-state index in [0.717, 1.165) is 5.56 Å². The van der Waals surface area contributed by atoms with Crippen molar-refractivity contribution in [1.29, 1.82) is 0 Å². The van der Waals surface area contributed by atoms with E-state index in [1.807, 2.05) is 50.2 Å². The first kappa shape index (κ1) is 28.0. The number of nitrogens with one attached hydrogen (secondary N) is 2. The highest BCUT2D eigenvalue weighted by atomic mass is 35.5. The molecule has 4 rings (SSSR count). The van der Waals surface area contributed by atoms with E-state index in [1.165, 1.54) is 12.0 Å². The summed E-state index contributed by atoms with van der Waals surface area (Å²) in [5.74, 6) is 0.699. The van der Waals surface area contributed by atoms with E-state index in [0.29, 0.717) is 45.2 Å². The van der Waals surface area contributed by atoms with E-state index in [-0.39, 0.29) is 18.4 Å². The van der Waals surface area contributed by atoms with Crippen molar-refractivity contribution < 1.29 is 14.3 Å². The van der Waals surface area contributed by atoms with Gasteiger partial charge >= 0.3 is 6.03 Å². The summed E-state index contributed by atoms with van der Waals surface area (Å²) in [7, 11) is 1.53. The molecule has 1 aromatic heterocycles. The van der Waals surface area contributed by atoms with E-state index in [9.17, 15) is 9.59 Å². The van der Waals surface area contributed by atoms with Crippen molar-refractivity contribution in [2.75, 3.05) is 30.8 Å². The van der Waals surface area contributed by atoms with E-state index >= 15 is 0 Å². The molecule has 0 aliphatic carbocycles. The Balaban J connectivity index is 1.59. The summed E-state index contributed by atoms with van der Waals surface area (Å²) < 4.78 is 6.92. The molecule has 0 atom stereocenters. The summed E-state index contributed by atoms with van der Waals surface area (Å²) in [6, 6.07) is 23.2. The van der Waals surface area contributed by atoms with Crippen LogP contribution in [0, 0.1) is 5.92 Å². The molecule has 3 aromatic carbocycles. The Morgan fingerprint density at radius 3 is 2.36 bits per heavy atom. The molecule has 0 saturated heterocycles. The number of benzene rings is 3.